The SMILES string of the molecule is CCCCC(CCC)c1ccc(-c2ccc(C)[n-]2)[n-]1.[Pt].[Pt]. The third-order valence-corrected chi connectivity index (χ3v) is 3.66. The Morgan fingerprint density at radius 3 is 2.10 bits per heavy atom. The maximum atomic E-state index is 4.80. The van der Waals surface area contributed by atoms with Crippen LogP contribution in [0.3, 0.4) is 0 Å². The maximum Gasteiger partial charge on any atom is 0 e. The van der Waals surface area contributed by atoms with Gasteiger partial charge < -0.3 is 9.97 Å². The van der Waals surface area contributed by atoms with Gasteiger partial charge in [0.2, 0.25) is 0 Å². The number of rotatable bonds is 7. The van der Waals surface area contributed by atoms with E-state index in [1.54, 1.807) is 0 Å². The van der Waals surface area contributed by atoms with E-state index in [-0.39, 0.29) is 42.1 Å². The van der Waals surface area contributed by atoms with Crippen molar-refractivity contribution in [2.75, 3.05) is 0 Å². The van der Waals surface area contributed by atoms with E-state index in [0.717, 1.165) is 17.1 Å². The second kappa shape index (κ2) is 10.6. The fourth-order valence-electron chi connectivity index (χ4n) is 2.59. The second-order valence-corrected chi connectivity index (χ2v) is 5.35. The minimum Gasteiger partial charge on any atom is -0.662 e. The van der Waals surface area contributed by atoms with Crippen LogP contribution in [-0.4, -0.2) is 0 Å². The normalized spacial score (nSPS) is 11.6. The molecule has 0 aromatic carbocycles. The van der Waals surface area contributed by atoms with Crippen molar-refractivity contribution < 1.29 is 42.1 Å². The van der Waals surface area contributed by atoms with Gasteiger partial charge in [-0.3, -0.25) is 0 Å². The Labute approximate surface area is 157 Å². The van der Waals surface area contributed by atoms with Crippen molar-refractivity contribution in [1.82, 2.24) is 9.97 Å². The number of aromatic nitrogens is 2. The molecule has 2 aromatic rings. The van der Waals surface area contributed by atoms with Crippen molar-refractivity contribution in [1.29, 1.82) is 0 Å². The quantitative estimate of drug-likeness (QED) is 0.439. The van der Waals surface area contributed by atoms with Gasteiger partial charge in [-0.15, -0.1) is 0 Å². The molecule has 0 aliphatic heterocycles. The molecule has 0 bridgehead atoms. The monoisotopic (exact) mass is 646 g/mol. The molecule has 2 nitrogen and oxygen atoms in total. The topological polar surface area (TPSA) is 28.2 Å². The molecule has 0 aliphatic carbocycles. The van der Waals surface area contributed by atoms with Crippen LogP contribution in [0.2, 0.25) is 0 Å². The Morgan fingerprint density at radius 2 is 1.52 bits per heavy atom. The number of aryl methyl sites for hydroxylation is 1. The third kappa shape index (κ3) is 5.91. The zero-order valence-electron chi connectivity index (χ0n) is 12.9. The fraction of sp³-hybridized carbons (Fsp3) is 0.529. The molecule has 21 heavy (non-hydrogen) atoms. The smallest absolute Gasteiger partial charge is 0 e. The first-order valence-electron chi connectivity index (χ1n) is 7.49. The van der Waals surface area contributed by atoms with Crippen LogP contribution in [0.15, 0.2) is 24.3 Å². The molecule has 1 unspecified atom stereocenters. The summed E-state index contributed by atoms with van der Waals surface area (Å²) in [6.45, 7) is 6.53. The molecule has 2 heterocycles. The van der Waals surface area contributed by atoms with Gasteiger partial charge in [0.15, 0.2) is 0 Å². The van der Waals surface area contributed by atoms with Gasteiger partial charge in [0.05, 0.1) is 0 Å². The molecule has 124 valence electrons. The van der Waals surface area contributed by atoms with Crippen LogP contribution in [0.1, 0.15) is 63.3 Å². The predicted octanol–water partition coefficient (Wildman–Crippen LogP) is 4.65. The minimum atomic E-state index is 0. The summed E-state index contributed by atoms with van der Waals surface area (Å²) >= 11 is 0. The van der Waals surface area contributed by atoms with Crippen LogP contribution < -0.4 is 9.97 Å². The number of unbranched alkanes of at least 4 members (excludes halogenated alkanes) is 1. The summed E-state index contributed by atoms with van der Waals surface area (Å²) in [5.74, 6) is 0.620. The number of hydrogen-bond acceptors (Lipinski definition) is 0. The molecule has 0 saturated heterocycles. The molecule has 0 radical (unpaired) electrons. The van der Waals surface area contributed by atoms with Crippen LogP contribution in [-0.2, 0) is 42.1 Å². The molecule has 2 aromatic heterocycles. The third-order valence-electron chi connectivity index (χ3n) is 3.66. The van der Waals surface area contributed by atoms with E-state index < -0.39 is 0 Å². The Balaban J connectivity index is 0.00000200. The van der Waals surface area contributed by atoms with Crippen molar-refractivity contribution in [3.63, 3.8) is 0 Å². The molecule has 0 fully saturated rings. The Morgan fingerprint density at radius 1 is 0.857 bits per heavy atom. The van der Waals surface area contributed by atoms with Crippen LogP contribution in [0, 0.1) is 6.92 Å². The van der Waals surface area contributed by atoms with Gasteiger partial charge in [0.25, 0.3) is 0 Å². The van der Waals surface area contributed by atoms with E-state index in [2.05, 4.69) is 37.0 Å². The summed E-state index contributed by atoms with van der Waals surface area (Å²) in [4.78, 5) is 9.30. The first-order valence-corrected chi connectivity index (χ1v) is 7.49. The van der Waals surface area contributed by atoms with Crippen LogP contribution in [0.25, 0.3) is 11.4 Å². The summed E-state index contributed by atoms with van der Waals surface area (Å²) in [6.07, 6.45) is 6.28. The molecule has 1 atom stereocenters. The van der Waals surface area contributed by atoms with E-state index in [9.17, 15) is 0 Å². The maximum absolute atomic E-state index is 4.80. The molecule has 0 aliphatic rings. The minimum absolute atomic E-state index is 0. The van der Waals surface area contributed by atoms with E-state index in [4.69, 9.17) is 4.98 Å². The van der Waals surface area contributed by atoms with E-state index in [0.29, 0.717) is 5.92 Å². The molecular formula is C17H24N2Pt2-2. The summed E-state index contributed by atoms with van der Waals surface area (Å²) in [5, 5.41) is 0. The molecule has 0 amide bonds. The summed E-state index contributed by atoms with van der Waals surface area (Å²) in [7, 11) is 0. The molecule has 2 rings (SSSR count). The standard InChI is InChI=1S/C17H24N2.2Pt/c1-4-6-8-14(7-5-2)15-11-12-17(19-15)16-10-9-13(3)18-16;;/h9-12,14H,4-8H2,1-3H3;;/q-2;;. The zero-order chi connectivity index (χ0) is 13.7. The van der Waals surface area contributed by atoms with Crippen LogP contribution >= 0.6 is 0 Å². The number of hydrogen-bond donors (Lipinski definition) is 0. The largest absolute Gasteiger partial charge is 0.662 e. The summed E-state index contributed by atoms with van der Waals surface area (Å²) < 4.78 is 0. The second-order valence-electron chi connectivity index (χ2n) is 5.35. The van der Waals surface area contributed by atoms with Gasteiger partial charge >= 0.3 is 0 Å². The average Bonchev–Trinajstić information content (AvgIpc) is 3.03. The first-order chi connectivity index (χ1) is 9.24. The Kier molecular flexibility index (Phi) is 10.6. The van der Waals surface area contributed by atoms with Gasteiger partial charge in [-0.2, -0.15) is 22.8 Å². The molecular weight excluding hydrogens is 622 g/mol. The predicted molar refractivity (Wildman–Crippen MR) is 80.4 cm³/mol. The Hall–Kier alpha value is -0.0634. The van der Waals surface area contributed by atoms with Crippen molar-refractivity contribution in [2.45, 2.75) is 58.8 Å². The molecule has 4 heteroatoms. The van der Waals surface area contributed by atoms with E-state index >= 15 is 0 Å². The Bertz CT molecular complexity index is 502. The van der Waals surface area contributed by atoms with Gasteiger partial charge in [-0.25, -0.2) is 0 Å². The molecule has 0 N–H and O–H groups in total. The first kappa shape index (κ1) is 20.9. The van der Waals surface area contributed by atoms with E-state index in [1.807, 2.05) is 13.0 Å². The fourth-order valence-corrected chi connectivity index (χ4v) is 2.59. The van der Waals surface area contributed by atoms with Crippen molar-refractivity contribution in [3.8, 4) is 11.4 Å². The number of nitrogens with zero attached hydrogens (tertiary/aromatic N) is 2. The molecule has 0 spiro atoms. The van der Waals surface area contributed by atoms with Crippen molar-refractivity contribution >= 4 is 0 Å². The van der Waals surface area contributed by atoms with Gasteiger partial charge in [0.1, 0.15) is 0 Å². The molecule has 0 saturated carbocycles. The van der Waals surface area contributed by atoms with Crippen molar-refractivity contribution in [2.24, 2.45) is 0 Å². The zero-order valence-corrected chi connectivity index (χ0v) is 17.5. The van der Waals surface area contributed by atoms with E-state index in [1.165, 1.54) is 37.8 Å². The van der Waals surface area contributed by atoms with Crippen LogP contribution in [0.4, 0.5) is 0 Å². The van der Waals surface area contributed by atoms with Crippen molar-refractivity contribution in [3.05, 3.63) is 35.7 Å². The van der Waals surface area contributed by atoms with Crippen LogP contribution in [0.5, 0.6) is 0 Å². The van der Waals surface area contributed by atoms with Gasteiger partial charge in [-0.05, 0) is 18.8 Å². The van der Waals surface area contributed by atoms with Gasteiger partial charge in [0, 0.05) is 42.1 Å². The summed E-state index contributed by atoms with van der Waals surface area (Å²) in [5.41, 5.74) is 4.36. The summed E-state index contributed by atoms with van der Waals surface area (Å²) in [6, 6.07) is 8.41. The van der Waals surface area contributed by atoms with Gasteiger partial charge in [-0.1, -0.05) is 64.3 Å². The average molecular weight is 647 g/mol.